The molecule has 0 radical (unpaired) electrons. The Balaban J connectivity index is 1.63. The number of anilines is 3. The number of rotatable bonds is 10. The highest BCUT2D eigenvalue weighted by molar-refractivity contribution is 6.34. The number of likely N-dealkylation sites (N-methyl/N-ethyl adjacent to an activating group) is 1. The molecule has 2 atom stereocenters. The van der Waals surface area contributed by atoms with E-state index in [1.165, 1.54) is 22.8 Å². The normalized spacial score (nSPS) is 17.6. The van der Waals surface area contributed by atoms with Crippen molar-refractivity contribution in [2.24, 2.45) is 0 Å². The molecule has 1 saturated heterocycles. The predicted molar refractivity (Wildman–Crippen MR) is 170 cm³/mol. The molecule has 1 fully saturated rings. The molecule has 5 rings (SSSR count). The van der Waals surface area contributed by atoms with Gasteiger partial charge in [-0.2, -0.15) is 20.0 Å². The van der Waals surface area contributed by atoms with Gasteiger partial charge in [0.1, 0.15) is 17.4 Å². The Bertz CT molecular complexity index is 1830. The number of β-amino-alcohol motifs (C(OH)–C–C–N with tert-alkyl or cyclic N) is 1. The van der Waals surface area contributed by atoms with E-state index in [4.69, 9.17) is 21.3 Å². The first-order valence-electron chi connectivity index (χ1n) is 14.6. The Morgan fingerprint density at radius 3 is 2.61 bits per heavy atom. The number of nitrogens with zero attached hydrogens (tertiary/aromatic N) is 8. The SMILES string of the molecule is CCN(Cc1ccc(OC)cc1)c1nc(Nc2cc(C#N)cc([C@]3(N(CC)C(=O)O)CCNC[C@H]3O)c2Cl)nn2c(C#N)cnc12. The lowest BCUT2D eigenvalue weighted by atomic mass is 9.77. The van der Waals surface area contributed by atoms with Crippen LogP contribution < -0.4 is 20.3 Å². The molecule has 4 N–H and O–H groups in total. The molecule has 0 bridgehead atoms. The number of benzene rings is 2. The summed E-state index contributed by atoms with van der Waals surface area (Å²) in [6.45, 7) is 5.27. The number of ether oxygens (including phenoxy) is 1. The third-order valence-electron chi connectivity index (χ3n) is 8.19. The van der Waals surface area contributed by atoms with Gasteiger partial charge in [0.15, 0.2) is 17.2 Å². The van der Waals surface area contributed by atoms with Crippen LogP contribution >= 0.6 is 11.6 Å². The summed E-state index contributed by atoms with van der Waals surface area (Å²) in [6, 6.07) is 14.9. The maximum atomic E-state index is 12.5. The molecule has 3 heterocycles. The minimum absolute atomic E-state index is 0.0543. The van der Waals surface area contributed by atoms with Gasteiger partial charge in [0.05, 0.1) is 41.8 Å². The molecule has 4 aromatic rings. The first-order chi connectivity index (χ1) is 22.2. The van der Waals surface area contributed by atoms with Crippen molar-refractivity contribution in [1.82, 2.24) is 29.8 Å². The van der Waals surface area contributed by atoms with Crippen LogP contribution in [0.25, 0.3) is 5.65 Å². The van der Waals surface area contributed by atoms with Gasteiger partial charge in [-0.3, -0.25) is 4.90 Å². The number of imidazole rings is 1. The smallest absolute Gasteiger partial charge is 0.408 e. The molecule has 2 aromatic carbocycles. The van der Waals surface area contributed by atoms with E-state index in [1.807, 2.05) is 36.1 Å². The Hall–Kier alpha value is -5.15. The maximum Gasteiger partial charge on any atom is 0.408 e. The number of amides is 1. The second-order valence-corrected chi connectivity index (χ2v) is 11.0. The van der Waals surface area contributed by atoms with Crippen molar-refractivity contribution in [2.45, 2.75) is 38.5 Å². The van der Waals surface area contributed by atoms with E-state index in [-0.39, 0.29) is 53.0 Å². The number of hydrogen-bond donors (Lipinski definition) is 4. The minimum atomic E-state index is -1.43. The first kappa shape index (κ1) is 32.2. The predicted octanol–water partition coefficient (Wildman–Crippen LogP) is 3.85. The van der Waals surface area contributed by atoms with Gasteiger partial charge < -0.3 is 30.5 Å². The Kier molecular flexibility index (Phi) is 9.44. The number of nitrogens with one attached hydrogen (secondary N) is 2. The molecule has 2 aromatic heterocycles. The molecule has 0 aliphatic carbocycles. The van der Waals surface area contributed by atoms with Gasteiger partial charge in [0.25, 0.3) is 0 Å². The molecule has 238 valence electrons. The molecule has 15 heteroatoms. The van der Waals surface area contributed by atoms with E-state index in [0.29, 0.717) is 31.1 Å². The lowest BCUT2D eigenvalue weighted by Crippen LogP contribution is -2.62. The Morgan fingerprint density at radius 2 is 2.00 bits per heavy atom. The summed E-state index contributed by atoms with van der Waals surface area (Å²) < 4.78 is 6.66. The van der Waals surface area contributed by atoms with Crippen LogP contribution in [0.5, 0.6) is 5.75 Å². The van der Waals surface area contributed by atoms with E-state index in [1.54, 1.807) is 14.0 Å². The highest BCUT2D eigenvalue weighted by Gasteiger charge is 2.50. The van der Waals surface area contributed by atoms with Gasteiger partial charge >= 0.3 is 6.09 Å². The zero-order chi connectivity index (χ0) is 33.0. The first-order valence-corrected chi connectivity index (χ1v) is 15.0. The lowest BCUT2D eigenvalue weighted by molar-refractivity contribution is -0.0431. The summed E-state index contributed by atoms with van der Waals surface area (Å²) in [5.74, 6) is 1.23. The largest absolute Gasteiger partial charge is 0.497 e. The van der Waals surface area contributed by atoms with E-state index in [0.717, 1.165) is 16.2 Å². The maximum absolute atomic E-state index is 12.5. The molecule has 46 heavy (non-hydrogen) atoms. The van der Waals surface area contributed by atoms with E-state index in [2.05, 4.69) is 32.9 Å². The monoisotopic (exact) mass is 644 g/mol. The van der Waals surface area contributed by atoms with Gasteiger partial charge in [0.2, 0.25) is 5.95 Å². The number of aromatic nitrogens is 4. The molecule has 1 amide bonds. The summed E-state index contributed by atoms with van der Waals surface area (Å²) in [6.07, 6.45) is -0.758. The van der Waals surface area contributed by atoms with Crippen LogP contribution in [0.3, 0.4) is 0 Å². The van der Waals surface area contributed by atoms with Crippen molar-refractivity contribution in [3.05, 3.63) is 70.0 Å². The van der Waals surface area contributed by atoms with Crippen molar-refractivity contribution >= 4 is 40.8 Å². The number of aliphatic hydroxyl groups is 1. The van der Waals surface area contributed by atoms with Crippen molar-refractivity contribution in [1.29, 1.82) is 10.5 Å². The number of hydrogen-bond acceptors (Lipinski definition) is 11. The van der Waals surface area contributed by atoms with Gasteiger partial charge in [-0.1, -0.05) is 23.7 Å². The molecule has 1 aliphatic heterocycles. The third-order valence-corrected chi connectivity index (χ3v) is 8.60. The summed E-state index contributed by atoms with van der Waals surface area (Å²) in [5.41, 5.74) is 0.792. The van der Waals surface area contributed by atoms with Crippen molar-refractivity contribution in [3.63, 3.8) is 0 Å². The quantitative estimate of drug-likeness (QED) is 0.195. The minimum Gasteiger partial charge on any atom is -0.497 e. The van der Waals surface area contributed by atoms with E-state index >= 15 is 0 Å². The Labute approximate surface area is 270 Å². The number of piperidine rings is 1. The summed E-state index contributed by atoms with van der Waals surface area (Å²) in [5, 5.41) is 52.1. The average Bonchev–Trinajstić information content (AvgIpc) is 3.48. The second kappa shape index (κ2) is 13.5. The second-order valence-electron chi connectivity index (χ2n) is 10.7. The summed E-state index contributed by atoms with van der Waals surface area (Å²) in [7, 11) is 1.60. The molecule has 14 nitrogen and oxygen atoms in total. The summed E-state index contributed by atoms with van der Waals surface area (Å²) in [4.78, 5) is 24.8. The number of halogens is 1. The molecule has 0 spiro atoms. The van der Waals surface area contributed by atoms with Crippen LogP contribution in [0.1, 0.15) is 42.7 Å². The molecule has 0 unspecified atom stereocenters. The van der Waals surface area contributed by atoms with Crippen LogP contribution in [-0.2, 0) is 12.1 Å². The van der Waals surface area contributed by atoms with Gasteiger partial charge in [-0.25, -0.2) is 9.78 Å². The fourth-order valence-corrected chi connectivity index (χ4v) is 6.25. The number of carbonyl (C=O) groups is 1. The fourth-order valence-electron chi connectivity index (χ4n) is 5.93. The molecule has 0 saturated carbocycles. The molecular weight excluding hydrogens is 612 g/mol. The van der Waals surface area contributed by atoms with E-state index < -0.39 is 17.7 Å². The highest BCUT2D eigenvalue weighted by atomic mass is 35.5. The molecular formula is C31H33ClN10O4. The van der Waals surface area contributed by atoms with Gasteiger partial charge in [0, 0.05) is 31.7 Å². The standard InChI is InChI=1S/C31H33ClN10O4/c1-4-40(18-19-6-8-22(46-3)9-7-19)28-27-36-16-21(15-34)42(27)39-29(38-28)37-24-13-20(14-33)12-23(26(24)32)31(41(5-2)30(44)45)10-11-35-17-25(31)43/h6-9,12-13,16,25,35,43H,4-5,10-11,17-18H2,1-3H3,(H,37,39)(H,44,45)/t25-,31-/m1/s1. The number of carboxylic acid groups (broad SMARTS) is 1. The van der Waals surface area contributed by atoms with Crippen LogP contribution in [0.15, 0.2) is 42.6 Å². The van der Waals surface area contributed by atoms with Gasteiger partial charge in [-0.05, 0) is 56.6 Å². The third kappa shape index (κ3) is 5.81. The van der Waals surface area contributed by atoms with Crippen molar-refractivity contribution in [2.75, 3.05) is 43.5 Å². The number of methoxy groups -OCH3 is 1. The van der Waals surface area contributed by atoms with Crippen LogP contribution in [0.2, 0.25) is 5.02 Å². The highest BCUT2D eigenvalue weighted by Crippen LogP contribution is 2.44. The topological polar surface area (TPSA) is 188 Å². The molecule has 1 aliphatic rings. The number of nitriles is 2. The summed E-state index contributed by atoms with van der Waals surface area (Å²) >= 11 is 7.03. The van der Waals surface area contributed by atoms with Crippen LogP contribution in [0, 0.1) is 22.7 Å². The average molecular weight is 645 g/mol. The van der Waals surface area contributed by atoms with E-state index in [9.17, 15) is 25.5 Å². The number of aliphatic hydroxyl groups excluding tert-OH is 1. The zero-order valence-corrected chi connectivity index (χ0v) is 26.3. The van der Waals surface area contributed by atoms with Crippen molar-refractivity contribution in [3.8, 4) is 17.9 Å². The zero-order valence-electron chi connectivity index (χ0n) is 25.5. The van der Waals surface area contributed by atoms with Gasteiger partial charge in [-0.15, -0.1) is 5.10 Å². The van der Waals surface area contributed by atoms with Crippen LogP contribution in [-0.4, -0.2) is 80.2 Å². The Morgan fingerprint density at radius 1 is 1.24 bits per heavy atom. The fraction of sp³-hybridized carbons (Fsp3) is 0.355. The lowest BCUT2D eigenvalue weighted by Gasteiger charge is -2.48. The van der Waals surface area contributed by atoms with Crippen molar-refractivity contribution < 1.29 is 19.7 Å². The van der Waals surface area contributed by atoms with Crippen LogP contribution in [0.4, 0.5) is 22.2 Å². The number of fused-ring (bicyclic) bond motifs is 1.